The molecule has 1 rings (SSSR count). The molecule has 0 aliphatic carbocycles. The van der Waals surface area contributed by atoms with Gasteiger partial charge in [-0.15, -0.1) is 0 Å². The highest BCUT2D eigenvalue weighted by molar-refractivity contribution is 7.91. The zero-order valence-electron chi connectivity index (χ0n) is 11.0. The van der Waals surface area contributed by atoms with Crippen molar-refractivity contribution in [2.75, 3.05) is 19.8 Å². The number of hydrogen-bond donors (Lipinski definition) is 0. The SMILES string of the molecule is CC[S+]([O-])c1cc(/C(C)=N/N(C)C)cnc1C. The number of pyridine rings is 1. The van der Waals surface area contributed by atoms with Gasteiger partial charge in [-0.1, -0.05) is 0 Å². The molecule has 0 fully saturated rings. The van der Waals surface area contributed by atoms with Crippen molar-refractivity contribution < 1.29 is 4.55 Å². The van der Waals surface area contributed by atoms with Gasteiger partial charge < -0.3 is 9.56 Å². The molecule has 0 radical (unpaired) electrons. The first-order valence-electron chi connectivity index (χ1n) is 5.53. The Labute approximate surface area is 106 Å². The fourth-order valence-corrected chi connectivity index (χ4v) is 2.41. The third-order valence-corrected chi connectivity index (χ3v) is 3.74. The van der Waals surface area contributed by atoms with Crippen LogP contribution in [0.4, 0.5) is 0 Å². The lowest BCUT2D eigenvalue weighted by atomic mass is 10.2. The molecule has 17 heavy (non-hydrogen) atoms. The van der Waals surface area contributed by atoms with Crippen molar-refractivity contribution in [2.45, 2.75) is 25.7 Å². The summed E-state index contributed by atoms with van der Waals surface area (Å²) in [6.07, 6.45) is 1.77. The number of aromatic nitrogens is 1. The second-order valence-electron chi connectivity index (χ2n) is 3.97. The minimum Gasteiger partial charge on any atom is -0.611 e. The van der Waals surface area contributed by atoms with E-state index in [-0.39, 0.29) is 0 Å². The molecular formula is C12H19N3OS. The predicted octanol–water partition coefficient (Wildman–Crippen LogP) is 1.80. The zero-order chi connectivity index (χ0) is 13.0. The largest absolute Gasteiger partial charge is 0.611 e. The lowest BCUT2D eigenvalue weighted by Gasteiger charge is -2.12. The molecule has 0 aliphatic heterocycles. The van der Waals surface area contributed by atoms with Crippen molar-refractivity contribution >= 4 is 16.9 Å². The normalized spacial score (nSPS) is 13.6. The lowest BCUT2D eigenvalue weighted by molar-refractivity contribution is 0.438. The van der Waals surface area contributed by atoms with Crippen LogP contribution in [0.2, 0.25) is 0 Å². The maximum atomic E-state index is 11.9. The minimum atomic E-state index is -0.973. The first kappa shape index (κ1) is 14.0. The number of rotatable bonds is 4. The smallest absolute Gasteiger partial charge is 0.174 e. The molecule has 0 saturated carbocycles. The summed E-state index contributed by atoms with van der Waals surface area (Å²) in [6, 6.07) is 1.92. The maximum Gasteiger partial charge on any atom is 0.174 e. The average Bonchev–Trinajstić information content (AvgIpc) is 2.27. The van der Waals surface area contributed by atoms with Crippen LogP contribution in [0, 0.1) is 6.92 Å². The standard InChI is InChI=1S/C12H19N3OS/c1-6-17(16)12-7-11(8-13-10(12)3)9(2)14-15(4)5/h7-8H,6H2,1-5H3/b14-9+. The van der Waals surface area contributed by atoms with Crippen molar-refractivity contribution in [1.82, 2.24) is 9.99 Å². The highest BCUT2D eigenvalue weighted by Gasteiger charge is 2.14. The fraction of sp³-hybridized carbons (Fsp3) is 0.500. The Balaban J connectivity index is 3.12. The average molecular weight is 253 g/mol. The van der Waals surface area contributed by atoms with E-state index in [0.29, 0.717) is 5.75 Å². The lowest BCUT2D eigenvalue weighted by Crippen LogP contribution is -2.11. The van der Waals surface area contributed by atoms with Gasteiger partial charge in [-0.2, -0.15) is 5.10 Å². The molecule has 1 heterocycles. The van der Waals surface area contributed by atoms with Gasteiger partial charge in [-0.25, -0.2) is 0 Å². The second-order valence-corrected chi connectivity index (χ2v) is 5.68. The zero-order valence-corrected chi connectivity index (χ0v) is 11.8. The Bertz CT molecular complexity index is 418. The van der Waals surface area contributed by atoms with Crippen LogP contribution in [-0.4, -0.2) is 40.1 Å². The first-order chi connectivity index (χ1) is 7.95. The van der Waals surface area contributed by atoms with Crippen molar-refractivity contribution in [2.24, 2.45) is 5.10 Å². The molecule has 94 valence electrons. The first-order valence-corrected chi connectivity index (χ1v) is 6.85. The Morgan fingerprint density at radius 3 is 2.71 bits per heavy atom. The highest BCUT2D eigenvalue weighted by atomic mass is 32.2. The van der Waals surface area contributed by atoms with Crippen molar-refractivity contribution in [3.63, 3.8) is 0 Å². The monoisotopic (exact) mass is 253 g/mol. The van der Waals surface area contributed by atoms with Crippen LogP contribution in [0.5, 0.6) is 0 Å². The van der Waals surface area contributed by atoms with Crippen LogP contribution in [0.3, 0.4) is 0 Å². The maximum absolute atomic E-state index is 11.9. The molecule has 1 unspecified atom stereocenters. The number of hydrazone groups is 1. The van der Waals surface area contributed by atoms with Crippen LogP contribution in [0.25, 0.3) is 0 Å². The quantitative estimate of drug-likeness (QED) is 0.467. The van der Waals surface area contributed by atoms with E-state index in [9.17, 15) is 4.55 Å². The Kier molecular flexibility index (Phi) is 4.96. The van der Waals surface area contributed by atoms with E-state index in [4.69, 9.17) is 0 Å². The molecule has 0 aliphatic rings. The van der Waals surface area contributed by atoms with Crippen molar-refractivity contribution in [3.8, 4) is 0 Å². The summed E-state index contributed by atoms with van der Waals surface area (Å²) in [5.41, 5.74) is 2.62. The molecule has 0 N–H and O–H groups in total. The van der Waals surface area contributed by atoms with Crippen LogP contribution in [-0.2, 0) is 11.2 Å². The molecule has 5 heteroatoms. The molecule has 0 saturated heterocycles. The van der Waals surface area contributed by atoms with Gasteiger partial charge in [0.15, 0.2) is 4.90 Å². The molecule has 0 bridgehead atoms. The van der Waals surface area contributed by atoms with Gasteiger partial charge in [-0.05, 0) is 31.9 Å². The van der Waals surface area contributed by atoms with Gasteiger partial charge in [0, 0.05) is 31.9 Å². The number of hydrogen-bond acceptors (Lipinski definition) is 4. The summed E-state index contributed by atoms with van der Waals surface area (Å²) in [4.78, 5) is 5.09. The summed E-state index contributed by atoms with van der Waals surface area (Å²) >= 11 is -0.973. The summed E-state index contributed by atoms with van der Waals surface area (Å²) in [6.45, 7) is 5.71. The number of aryl methyl sites for hydroxylation is 1. The third-order valence-electron chi connectivity index (χ3n) is 2.32. The van der Waals surface area contributed by atoms with E-state index in [1.807, 2.05) is 40.9 Å². The van der Waals surface area contributed by atoms with E-state index in [2.05, 4.69) is 10.1 Å². The molecule has 1 aromatic rings. The van der Waals surface area contributed by atoms with Crippen molar-refractivity contribution in [1.29, 1.82) is 0 Å². The van der Waals surface area contributed by atoms with Gasteiger partial charge >= 0.3 is 0 Å². The number of nitrogens with zero attached hydrogens (tertiary/aromatic N) is 3. The van der Waals surface area contributed by atoms with Crippen molar-refractivity contribution in [3.05, 3.63) is 23.5 Å². The highest BCUT2D eigenvalue weighted by Crippen LogP contribution is 2.16. The van der Waals surface area contributed by atoms with Gasteiger partial charge in [0.1, 0.15) is 5.75 Å². The molecule has 0 spiro atoms. The summed E-state index contributed by atoms with van der Waals surface area (Å²) in [7, 11) is 3.74. The molecule has 0 aromatic carbocycles. The molecule has 0 amide bonds. The second kappa shape index (κ2) is 6.02. The summed E-state index contributed by atoms with van der Waals surface area (Å²) in [5.74, 6) is 0.607. The molecule has 1 aromatic heterocycles. The topological polar surface area (TPSA) is 51.6 Å². The van der Waals surface area contributed by atoms with E-state index >= 15 is 0 Å². The van der Waals surface area contributed by atoms with Crippen LogP contribution < -0.4 is 0 Å². The predicted molar refractivity (Wildman–Crippen MR) is 71.8 cm³/mol. The van der Waals surface area contributed by atoms with E-state index in [1.165, 1.54) is 0 Å². The van der Waals surface area contributed by atoms with Gasteiger partial charge in [0.2, 0.25) is 0 Å². The van der Waals surface area contributed by atoms with E-state index in [0.717, 1.165) is 21.9 Å². The molecule has 1 atom stereocenters. The fourth-order valence-electron chi connectivity index (χ4n) is 1.45. The van der Waals surface area contributed by atoms with Gasteiger partial charge in [-0.3, -0.25) is 4.98 Å². The van der Waals surface area contributed by atoms with Gasteiger partial charge in [0.25, 0.3) is 0 Å². The van der Waals surface area contributed by atoms with Gasteiger partial charge in [0.05, 0.1) is 11.4 Å². The molecular weight excluding hydrogens is 234 g/mol. The van der Waals surface area contributed by atoms with E-state index in [1.54, 1.807) is 11.2 Å². The summed E-state index contributed by atoms with van der Waals surface area (Å²) < 4.78 is 11.9. The van der Waals surface area contributed by atoms with E-state index < -0.39 is 11.2 Å². The summed E-state index contributed by atoms with van der Waals surface area (Å²) in [5, 5.41) is 6.06. The Morgan fingerprint density at radius 2 is 2.18 bits per heavy atom. The van der Waals surface area contributed by atoms with Crippen LogP contribution in [0.1, 0.15) is 25.1 Å². The Hall–Kier alpha value is -1.07. The third kappa shape index (κ3) is 3.71. The van der Waals surface area contributed by atoms with Crippen LogP contribution >= 0.6 is 0 Å². The molecule has 4 nitrogen and oxygen atoms in total. The minimum absolute atomic E-state index is 0.607. The Morgan fingerprint density at radius 1 is 1.53 bits per heavy atom. The van der Waals surface area contributed by atoms with Crippen LogP contribution in [0.15, 0.2) is 22.3 Å².